The van der Waals surface area contributed by atoms with Gasteiger partial charge in [-0.2, -0.15) is 0 Å². The van der Waals surface area contributed by atoms with Crippen molar-refractivity contribution >= 4 is 36.2 Å². The van der Waals surface area contributed by atoms with Gasteiger partial charge in [0.25, 0.3) is 0 Å². The second-order valence-electron chi connectivity index (χ2n) is 12.0. The van der Waals surface area contributed by atoms with Crippen molar-refractivity contribution in [1.29, 1.82) is 0 Å². The van der Waals surface area contributed by atoms with Crippen LogP contribution in [0.2, 0.25) is 0 Å². The fourth-order valence-corrected chi connectivity index (χ4v) is 23.2. The molecule has 3 fully saturated rings. The van der Waals surface area contributed by atoms with Gasteiger partial charge in [0.2, 0.25) is 0 Å². The number of rotatable bonds is 1. The zero-order valence-corrected chi connectivity index (χ0v) is 24.2. The minimum absolute atomic E-state index is 0.111. The van der Waals surface area contributed by atoms with Crippen molar-refractivity contribution in [3.8, 4) is 0 Å². The second-order valence-corrected chi connectivity index (χ2v) is 21.5. The van der Waals surface area contributed by atoms with Crippen molar-refractivity contribution in [3.05, 3.63) is 30.3 Å². The SMILES string of the molecule is CC(C)(C)N1P2N(C(C)(C)C)P1N(C(C)(C)C)[As](c1ccccc1)N2C(C)(C)C. The molecule has 0 amide bonds. The molecule has 0 unspecified atom stereocenters. The molecule has 1 aromatic rings. The molecule has 0 atom stereocenters. The van der Waals surface area contributed by atoms with E-state index in [0.717, 1.165) is 0 Å². The first-order valence-electron chi connectivity index (χ1n) is 10.6. The van der Waals surface area contributed by atoms with Gasteiger partial charge in [-0.25, -0.2) is 0 Å². The van der Waals surface area contributed by atoms with E-state index >= 15 is 0 Å². The summed E-state index contributed by atoms with van der Waals surface area (Å²) in [6, 6.07) is 11.4. The van der Waals surface area contributed by atoms with Crippen LogP contribution in [-0.2, 0) is 0 Å². The van der Waals surface area contributed by atoms with Crippen LogP contribution in [0.15, 0.2) is 30.3 Å². The molecule has 7 heteroatoms. The molecule has 29 heavy (non-hydrogen) atoms. The monoisotopic (exact) mass is 498 g/mol. The first-order valence-corrected chi connectivity index (χ1v) is 15.6. The van der Waals surface area contributed by atoms with Crippen molar-refractivity contribution < 1.29 is 0 Å². The van der Waals surface area contributed by atoms with Gasteiger partial charge in [-0.1, -0.05) is 0 Å². The summed E-state index contributed by atoms with van der Waals surface area (Å²) in [4.78, 5) is 0. The van der Waals surface area contributed by atoms with Gasteiger partial charge in [0, 0.05) is 0 Å². The molecule has 3 aliphatic heterocycles. The summed E-state index contributed by atoms with van der Waals surface area (Å²) >= 11 is -1.64. The third-order valence-corrected chi connectivity index (χ3v) is 21.7. The van der Waals surface area contributed by atoms with Gasteiger partial charge in [0.1, 0.15) is 0 Å². The van der Waals surface area contributed by atoms with Crippen molar-refractivity contribution in [2.45, 2.75) is 105 Å². The second kappa shape index (κ2) is 7.52. The average molecular weight is 498 g/mol. The molecule has 3 aliphatic rings. The third kappa shape index (κ3) is 4.26. The van der Waals surface area contributed by atoms with Gasteiger partial charge in [-0.05, 0) is 0 Å². The molecule has 0 spiro atoms. The Morgan fingerprint density at radius 2 is 0.897 bits per heavy atom. The van der Waals surface area contributed by atoms with Crippen LogP contribution >= 0.6 is 16.7 Å². The first kappa shape index (κ1) is 24.1. The zero-order chi connectivity index (χ0) is 22.2. The van der Waals surface area contributed by atoms with Crippen LogP contribution in [0.5, 0.6) is 0 Å². The molecule has 3 saturated heterocycles. The van der Waals surface area contributed by atoms with Gasteiger partial charge in [0.15, 0.2) is 0 Å². The normalized spacial score (nSPS) is 28.5. The average Bonchev–Trinajstić information content (AvgIpc) is 2.49. The molecule has 164 valence electrons. The van der Waals surface area contributed by atoms with Gasteiger partial charge < -0.3 is 0 Å². The van der Waals surface area contributed by atoms with Crippen molar-refractivity contribution in [2.75, 3.05) is 0 Å². The Balaban J connectivity index is 2.28. The van der Waals surface area contributed by atoms with Gasteiger partial charge in [-0.15, -0.1) is 0 Å². The molecule has 0 radical (unpaired) electrons. The molecule has 0 aliphatic carbocycles. The molecule has 3 heterocycles. The van der Waals surface area contributed by atoms with E-state index in [4.69, 9.17) is 0 Å². The summed E-state index contributed by atoms with van der Waals surface area (Å²) < 4.78 is 13.3. The summed E-state index contributed by atoms with van der Waals surface area (Å²) in [5, 5.41) is 0. The van der Waals surface area contributed by atoms with Crippen molar-refractivity contribution in [1.82, 2.24) is 16.1 Å². The summed E-state index contributed by atoms with van der Waals surface area (Å²) in [5.41, 5.74) is 0.534. The summed E-state index contributed by atoms with van der Waals surface area (Å²) in [5.74, 6) is 0. The minimum atomic E-state index is -1.64. The van der Waals surface area contributed by atoms with E-state index in [0.29, 0.717) is 0 Å². The molecule has 1 aromatic carbocycles. The van der Waals surface area contributed by atoms with E-state index in [1.165, 1.54) is 0 Å². The Morgan fingerprint density at radius 3 is 1.17 bits per heavy atom. The molecule has 4 rings (SSSR count). The topological polar surface area (TPSA) is 13.0 Å². The molecule has 0 aromatic heterocycles. The van der Waals surface area contributed by atoms with E-state index in [2.05, 4.69) is 129 Å². The standard InChI is InChI=1S/C22H41AsN4P2/c1-19(2,3)24-23(18-16-14-13-15-17-18)25(20(4,5)6)29-26(21(7,8)9)28(24)27(29)22(10,11)12/h13-17H,1-12H3. The third-order valence-electron chi connectivity index (χ3n) is 4.76. The fraction of sp³-hybridized carbons (Fsp3) is 0.727. The number of hydrogen-bond donors (Lipinski definition) is 0. The Labute approximate surface area is 187 Å². The van der Waals surface area contributed by atoms with Gasteiger partial charge >= 0.3 is 188 Å². The van der Waals surface area contributed by atoms with E-state index in [-0.39, 0.29) is 22.2 Å². The molecule has 4 nitrogen and oxygen atoms in total. The van der Waals surface area contributed by atoms with E-state index in [1.54, 1.807) is 4.35 Å². The molecule has 0 N–H and O–H groups in total. The Hall–Kier alpha value is 0.478. The van der Waals surface area contributed by atoms with Gasteiger partial charge in [0.05, 0.1) is 0 Å². The molecular weight excluding hydrogens is 457 g/mol. The van der Waals surface area contributed by atoms with Crippen LogP contribution in [0.25, 0.3) is 0 Å². The maximum absolute atomic E-state index is 2.97. The summed E-state index contributed by atoms with van der Waals surface area (Å²) in [6.45, 7) is 29.0. The number of nitrogens with zero attached hydrogens (tertiary/aromatic N) is 4. The molecular formula is C22H41AsN4P2. The Bertz CT molecular complexity index is 678. The zero-order valence-electron chi connectivity index (χ0n) is 20.5. The first-order chi connectivity index (χ1) is 13.0. The molecule has 2 bridgehead atoms. The predicted octanol–water partition coefficient (Wildman–Crippen LogP) is 6.26. The van der Waals surface area contributed by atoms with Crippen LogP contribution < -0.4 is 4.35 Å². The van der Waals surface area contributed by atoms with Crippen LogP contribution in [0, 0.1) is 0 Å². The van der Waals surface area contributed by atoms with E-state index in [1.807, 2.05) is 0 Å². The molecule has 0 saturated carbocycles. The quantitative estimate of drug-likeness (QED) is 0.335. The van der Waals surface area contributed by atoms with Crippen LogP contribution in [0.1, 0.15) is 83.1 Å². The number of hydrogen-bond acceptors (Lipinski definition) is 4. The van der Waals surface area contributed by atoms with Gasteiger partial charge in [-0.3, -0.25) is 0 Å². The Kier molecular flexibility index (Phi) is 6.26. The van der Waals surface area contributed by atoms with E-state index in [9.17, 15) is 0 Å². The van der Waals surface area contributed by atoms with Crippen molar-refractivity contribution in [3.63, 3.8) is 0 Å². The van der Waals surface area contributed by atoms with Crippen LogP contribution in [0.3, 0.4) is 0 Å². The predicted molar refractivity (Wildman–Crippen MR) is 132 cm³/mol. The van der Waals surface area contributed by atoms with E-state index < -0.39 is 31.9 Å². The fourth-order valence-electron chi connectivity index (χ4n) is 3.78. The Morgan fingerprint density at radius 1 is 0.552 bits per heavy atom. The van der Waals surface area contributed by atoms with Crippen LogP contribution in [0.4, 0.5) is 0 Å². The summed E-state index contributed by atoms with van der Waals surface area (Å²) in [6.07, 6.45) is 0. The number of benzene rings is 1. The van der Waals surface area contributed by atoms with Crippen LogP contribution in [-0.4, -0.2) is 53.3 Å². The van der Waals surface area contributed by atoms with Crippen molar-refractivity contribution in [2.24, 2.45) is 0 Å². The number of fused-ring (bicyclic) bond motifs is 2. The maximum atomic E-state index is 2.97. The summed E-state index contributed by atoms with van der Waals surface area (Å²) in [7, 11) is -0.975.